The van der Waals surface area contributed by atoms with E-state index in [1.165, 1.54) is 12.1 Å². The van der Waals surface area contributed by atoms with Crippen LogP contribution < -0.4 is 0 Å². The van der Waals surface area contributed by atoms with Gasteiger partial charge in [0.05, 0.1) is 18.3 Å². The first-order valence-corrected chi connectivity index (χ1v) is 7.69. The molecule has 0 radical (unpaired) electrons. The van der Waals surface area contributed by atoms with Gasteiger partial charge in [-0.1, -0.05) is 15.9 Å². The van der Waals surface area contributed by atoms with Gasteiger partial charge in [-0.05, 0) is 25.0 Å². The van der Waals surface area contributed by atoms with Gasteiger partial charge in [0.25, 0.3) is 5.91 Å². The van der Waals surface area contributed by atoms with E-state index < -0.39 is 5.82 Å². The Hall–Kier alpha value is -1.14. The lowest BCUT2D eigenvalue weighted by Gasteiger charge is -2.32. The summed E-state index contributed by atoms with van der Waals surface area (Å²) in [5.41, 5.74) is 0.00243. The monoisotopic (exact) mass is 345 g/mol. The van der Waals surface area contributed by atoms with Crippen LogP contribution in [-0.4, -0.2) is 47.0 Å². The summed E-state index contributed by atoms with van der Waals surface area (Å²) in [7, 11) is 0. The van der Waals surface area contributed by atoms with E-state index in [-0.39, 0.29) is 23.3 Å². The molecule has 1 amide bonds. The normalized spacial score (nSPS) is 16.4. The quantitative estimate of drug-likeness (QED) is 0.853. The summed E-state index contributed by atoms with van der Waals surface area (Å²) in [5.74, 6) is -1.20. The lowest BCUT2D eigenvalue weighted by molar-refractivity contribution is 0.0158. The first-order valence-electron chi connectivity index (χ1n) is 6.57. The minimum Gasteiger partial charge on any atom is -0.508 e. The molecule has 20 heavy (non-hydrogen) atoms. The summed E-state index contributed by atoms with van der Waals surface area (Å²) < 4.78 is 19.3. The number of likely N-dealkylation sites (tertiary alicyclic amines) is 1. The summed E-state index contributed by atoms with van der Waals surface area (Å²) in [6, 6.07) is 3.60. The average Bonchev–Trinajstić information content (AvgIpc) is 2.45. The minimum atomic E-state index is -0.687. The fourth-order valence-electron chi connectivity index (χ4n) is 2.28. The van der Waals surface area contributed by atoms with Gasteiger partial charge in [0.1, 0.15) is 11.6 Å². The zero-order valence-corrected chi connectivity index (χ0v) is 12.6. The Morgan fingerprint density at radius 3 is 2.75 bits per heavy atom. The molecule has 1 fully saturated rings. The maximum atomic E-state index is 13.7. The van der Waals surface area contributed by atoms with Crippen molar-refractivity contribution < 1.29 is 19.0 Å². The van der Waals surface area contributed by atoms with Crippen LogP contribution in [0.4, 0.5) is 4.39 Å². The highest BCUT2D eigenvalue weighted by molar-refractivity contribution is 9.09. The second-order valence-electron chi connectivity index (χ2n) is 4.72. The molecule has 4 nitrogen and oxygen atoms in total. The summed E-state index contributed by atoms with van der Waals surface area (Å²) in [5, 5.41) is 9.96. The zero-order valence-electron chi connectivity index (χ0n) is 11.0. The molecule has 6 heteroatoms. The third-order valence-electron chi connectivity index (χ3n) is 3.34. The van der Waals surface area contributed by atoms with Crippen molar-refractivity contribution >= 4 is 21.8 Å². The average molecular weight is 346 g/mol. The Morgan fingerprint density at radius 1 is 1.45 bits per heavy atom. The highest BCUT2D eigenvalue weighted by Gasteiger charge is 2.25. The van der Waals surface area contributed by atoms with Gasteiger partial charge < -0.3 is 14.7 Å². The number of ether oxygens (including phenoxy) is 1. The number of hydrogen-bond acceptors (Lipinski definition) is 3. The summed E-state index contributed by atoms with van der Waals surface area (Å²) in [6.07, 6.45) is 1.69. The van der Waals surface area contributed by atoms with Crippen molar-refractivity contribution in [2.45, 2.75) is 18.9 Å². The van der Waals surface area contributed by atoms with E-state index in [0.717, 1.165) is 24.2 Å². The number of carbonyl (C=O) groups excluding carboxylic acids is 1. The smallest absolute Gasteiger partial charge is 0.256 e. The molecule has 0 bridgehead atoms. The van der Waals surface area contributed by atoms with Crippen LogP contribution in [0.25, 0.3) is 0 Å². The molecule has 0 saturated carbocycles. The summed E-state index contributed by atoms with van der Waals surface area (Å²) >= 11 is 3.30. The molecule has 2 rings (SSSR count). The van der Waals surface area contributed by atoms with E-state index in [0.29, 0.717) is 19.7 Å². The van der Waals surface area contributed by atoms with Gasteiger partial charge in [-0.3, -0.25) is 4.79 Å². The molecule has 0 aromatic heterocycles. The van der Waals surface area contributed by atoms with Crippen LogP contribution >= 0.6 is 15.9 Å². The van der Waals surface area contributed by atoms with Crippen LogP contribution in [-0.2, 0) is 4.74 Å². The number of amides is 1. The largest absolute Gasteiger partial charge is 0.508 e. The highest BCUT2D eigenvalue weighted by atomic mass is 79.9. The van der Waals surface area contributed by atoms with Gasteiger partial charge in [0.2, 0.25) is 0 Å². The van der Waals surface area contributed by atoms with Gasteiger partial charge in [-0.2, -0.15) is 0 Å². The van der Waals surface area contributed by atoms with E-state index in [1.807, 2.05) is 0 Å². The molecule has 0 spiro atoms. The topological polar surface area (TPSA) is 49.8 Å². The number of carbonyl (C=O) groups is 1. The highest BCUT2D eigenvalue weighted by Crippen LogP contribution is 2.20. The molecule has 0 aliphatic carbocycles. The fraction of sp³-hybridized carbons (Fsp3) is 0.500. The Bertz CT molecular complexity index is 475. The molecule has 1 aromatic rings. The van der Waals surface area contributed by atoms with Crippen molar-refractivity contribution in [1.82, 2.24) is 4.90 Å². The lowest BCUT2D eigenvalue weighted by Crippen LogP contribution is -2.41. The number of halogens is 2. The first kappa shape index (κ1) is 15.3. The Balaban J connectivity index is 1.94. The van der Waals surface area contributed by atoms with E-state index >= 15 is 0 Å². The summed E-state index contributed by atoms with van der Waals surface area (Å²) in [4.78, 5) is 13.8. The molecule has 0 atom stereocenters. The van der Waals surface area contributed by atoms with Crippen molar-refractivity contribution in [2.75, 3.05) is 25.0 Å². The standard InChI is InChI=1S/C14H17BrFNO3/c15-5-8-20-11-3-6-17(7-4-11)14(19)12-2-1-10(18)9-13(12)16/h1-2,9,11,18H,3-8H2. The molecule has 1 aliphatic heterocycles. The molecule has 110 valence electrons. The Morgan fingerprint density at radius 2 is 2.15 bits per heavy atom. The van der Waals surface area contributed by atoms with Crippen LogP contribution in [0.1, 0.15) is 23.2 Å². The van der Waals surface area contributed by atoms with Crippen LogP contribution in [0.2, 0.25) is 0 Å². The number of nitrogens with zero attached hydrogens (tertiary/aromatic N) is 1. The number of hydrogen-bond donors (Lipinski definition) is 1. The van der Waals surface area contributed by atoms with E-state index in [1.54, 1.807) is 4.90 Å². The van der Waals surface area contributed by atoms with Crippen LogP contribution in [0.3, 0.4) is 0 Å². The molecular formula is C14H17BrFNO3. The lowest BCUT2D eigenvalue weighted by atomic mass is 10.1. The number of benzene rings is 1. The summed E-state index contributed by atoms with van der Waals surface area (Å²) in [6.45, 7) is 1.78. The predicted molar refractivity (Wildman–Crippen MR) is 76.7 cm³/mol. The number of alkyl halides is 1. The third-order valence-corrected chi connectivity index (χ3v) is 3.67. The van der Waals surface area contributed by atoms with Gasteiger partial charge in [-0.15, -0.1) is 0 Å². The van der Waals surface area contributed by atoms with Crippen molar-refractivity contribution in [3.05, 3.63) is 29.6 Å². The van der Waals surface area contributed by atoms with E-state index in [4.69, 9.17) is 9.84 Å². The van der Waals surface area contributed by atoms with Crippen molar-refractivity contribution in [1.29, 1.82) is 0 Å². The van der Waals surface area contributed by atoms with Gasteiger partial charge >= 0.3 is 0 Å². The Labute approximate surface area is 125 Å². The number of aromatic hydroxyl groups is 1. The van der Waals surface area contributed by atoms with Crippen LogP contribution in [0.5, 0.6) is 5.75 Å². The molecule has 1 aromatic carbocycles. The number of phenols is 1. The van der Waals surface area contributed by atoms with Gasteiger partial charge in [0.15, 0.2) is 0 Å². The van der Waals surface area contributed by atoms with E-state index in [2.05, 4.69) is 15.9 Å². The van der Waals surface area contributed by atoms with Crippen molar-refractivity contribution in [3.63, 3.8) is 0 Å². The predicted octanol–water partition coefficient (Wildman–Crippen LogP) is 2.55. The second-order valence-corrected chi connectivity index (χ2v) is 5.51. The molecule has 1 aliphatic rings. The van der Waals surface area contributed by atoms with Gasteiger partial charge in [0, 0.05) is 24.5 Å². The zero-order chi connectivity index (χ0) is 14.5. The fourth-order valence-corrected chi connectivity index (χ4v) is 2.47. The number of piperidine rings is 1. The Kier molecular flexibility index (Phi) is 5.37. The van der Waals surface area contributed by atoms with Crippen LogP contribution in [0, 0.1) is 5.82 Å². The van der Waals surface area contributed by atoms with Crippen molar-refractivity contribution in [3.8, 4) is 5.75 Å². The number of phenolic OH excluding ortho intramolecular Hbond substituents is 1. The molecule has 1 N–H and O–H groups in total. The van der Waals surface area contributed by atoms with Crippen molar-refractivity contribution in [2.24, 2.45) is 0 Å². The molecule has 1 saturated heterocycles. The van der Waals surface area contributed by atoms with Crippen LogP contribution in [0.15, 0.2) is 18.2 Å². The minimum absolute atomic E-state index is 0.00243. The third kappa shape index (κ3) is 3.70. The maximum Gasteiger partial charge on any atom is 0.256 e. The second kappa shape index (κ2) is 7.04. The molecule has 1 heterocycles. The first-order chi connectivity index (χ1) is 9.61. The number of rotatable bonds is 4. The van der Waals surface area contributed by atoms with E-state index in [9.17, 15) is 9.18 Å². The SMILES string of the molecule is O=C(c1ccc(O)cc1F)N1CCC(OCCBr)CC1. The van der Waals surface area contributed by atoms with Gasteiger partial charge in [-0.25, -0.2) is 4.39 Å². The maximum absolute atomic E-state index is 13.7. The molecule has 0 unspecified atom stereocenters. The molecular weight excluding hydrogens is 329 g/mol.